The van der Waals surface area contributed by atoms with Gasteiger partial charge in [0.1, 0.15) is 0 Å². The predicted molar refractivity (Wildman–Crippen MR) is 113 cm³/mol. The number of amides is 1. The van der Waals surface area contributed by atoms with E-state index in [1.165, 1.54) is 64.0 Å². The molecule has 0 aliphatic carbocycles. The van der Waals surface area contributed by atoms with Crippen LogP contribution in [0, 0.1) is 0 Å². The summed E-state index contributed by atoms with van der Waals surface area (Å²) in [5.41, 5.74) is 3.23. The summed E-state index contributed by atoms with van der Waals surface area (Å²) in [4.78, 5) is 11.8. The predicted octanol–water partition coefficient (Wildman–Crippen LogP) is 7.14. The van der Waals surface area contributed by atoms with Crippen LogP contribution in [0.3, 0.4) is 0 Å². The minimum Gasteiger partial charge on any atom is -0.273 e. The molecule has 1 rings (SSSR count). The first-order valence-corrected chi connectivity index (χ1v) is 10.7. The van der Waals surface area contributed by atoms with E-state index in [1.54, 1.807) is 18.2 Å². The van der Waals surface area contributed by atoms with Gasteiger partial charge in [0.05, 0.1) is 16.3 Å². The van der Waals surface area contributed by atoms with E-state index in [1.807, 2.05) is 0 Å². The van der Waals surface area contributed by atoms with Crippen LogP contribution in [0.5, 0.6) is 0 Å². The van der Waals surface area contributed by atoms with Crippen LogP contribution >= 0.6 is 23.2 Å². The van der Waals surface area contributed by atoms with Gasteiger partial charge in [-0.1, -0.05) is 106 Å². The molecule has 0 aromatic heterocycles. The molecule has 3 nitrogen and oxygen atoms in total. The highest BCUT2D eigenvalue weighted by atomic mass is 35.5. The fourth-order valence-corrected chi connectivity index (χ4v) is 3.16. The van der Waals surface area contributed by atoms with E-state index in [0.29, 0.717) is 22.0 Å². The molecule has 26 heavy (non-hydrogen) atoms. The quantitative estimate of drug-likeness (QED) is 0.202. The zero-order valence-corrected chi connectivity index (χ0v) is 17.4. The third kappa shape index (κ3) is 10.8. The summed E-state index contributed by atoms with van der Waals surface area (Å²) < 4.78 is 0. The van der Waals surface area contributed by atoms with E-state index in [4.69, 9.17) is 23.2 Å². The molecule has 0 atom stereocenters. The Balaban J connectivity index is 2.00. The molecule has 0 spiro atoms. The highest BCUT2D eigenvalue weighted by molar-refractivity contribution is 6.43. The zero-order chi connectivity index (χ0) is 19.0. The van der Waals surface area contributed by atoms with Gasteiger partial charge in [-0.15, -0.1) is 0 Å². The van der Waals surface area contributed by atoms with Crippen molar-refractivity contribution in [2.75, 3.05) is 0 Å². The third-order valence-electron chi connectivity index (χ3n) is 4.38. The maximum absolute atomic E-state index is 11.8. The number of benzene rings is 1. The molecule has 0 fully saturated rings. The van der Waals surface area contributed by atoms with Crippen LogP contribution in [0.25, 0.3) is 0 Å². The monoisotopic (exact) mass is 398 g/mol. The van der Waals surface area contributed by atoms with Gasteiger partial charge in [-0.2, -0.15) is 5.10 Å². The van der Waals surface area contributed by atoms with Crippen LogP contribution in [-0.2, 0) is 4.79 Å². The summed E-state index contributed by atoms with van der Waals surface area (Å²) in [6.45, 7) is 2.25. The maximum atomic E-state index is 11.8. The summed E-state index contributed by atoms with van der Waals surface area (Å²) in [6.07, 6.45) is 16.0. The van der Waals surface area contributed by atoms with E-state index < -0.39 is 0 Å². The van der Waals surface area contributed by atoms with Crippen LogP contribution in [0.4, 0.5) is 0 Å². The molecular formula is C21H32Cl2N2O. The average Bonchev–Trinajstić information content (AvgIpc) is 2.63. The molecule has 0 saturated heterocycles. The molecule has 0 unspecified atom stereocenters. The molecule has 1 amide bonds. The van der Waals surface area contributed by atoms with E-state index in [2.05, 4.69) is 17.5 Å². The molecule has 1 aromatic carbocycles. The van der Waals surface area contributed by atoms with Crippen molar-refractivity contribution in [1.82, 2.24) is 5.43 Å². The lowest BCUT2D eigenvalue weighted by molar-refractivity contribution is -0.121. The van der Waals surface area contributed by atoms with Crippen molar-refractivity contribution in [3.05, 3.63) is 33.8 Å². The van der Waals surface area contributed by atoms with Gasteiger partial charge in [-0.25, -0.2) is 5.43 Å². The number of nitrogens with one attached hydrogen (secondary N) is 1. The van der Waals surface area contributed by atoms with Gasteiger partial charge >= 0.3 is 0 Å². The highest BCUT2D eigenvalue weighted by Crippen LogP contribution is 2.24. The molecule has 5 heteroatoms. The Labute approximate surface area is 168 Å². The molecule has 0 saturated carbocycles. The Bertz CT molecular complexity index is 547. The van der Waals surface area contributed by atoms with Crippen molar-refractivity contribution in [1.29, 1.82) is 0 Å². The average molecular weight is 399 g/mol. The number of unbranched alkanes of at least 4 members (excludes halogenated alkanes) is 10. The van der Waals surface area contributed by atoms with E-state index in [9.17, 15) is 4.79 Å². The Morgan fingerprint density at radius 2 is 1.54 bits per heavy atom. The molecule has 0 aliphatic heterocycles. The van der Waals surface area contributed by atoms with E-state index in [-0.39, 0.29) is 5.91 Å². The molecule has 0 bridgehead atoms. The minimum atomic E-state index is -0.0599. The van der Waals surface area contributed by atoms with Crippen LogP contribution in [0.15, 0.2) is 23.3 Å². The summed E-state index contributed by atoms with van der Waals surface area (Å²) in [7, 11) is 0. The van der Waals surface area contributed by atoms with Crippen molar-refractivity contribution in [2.45, 2.75) is 84.0 Å². The topological polar surface area (TPSA) is 41.5 Å². The first-order valence-electron chi connectivity index (χ1n) is 9.91. The van der Waals surface area contributed by atoms with Crippen molar-refractivity contribution in [3.8, 4) is 0 Å². The van der Waals surface area contributed by atoms with Gasteiger partial charge < -0.3 is 0 Å². The number of carbonyl (C=O) groups excluding carboxylic acids is 1. The first-order chi connectivity index (χ1) is 12.6. The van der Waals surface area contributed by atoms with Gasteiger partial charge in [0.25, 0.3) is 0 Å². The van der Waals surface area contributed by atoms with Gasteiger partial charge in [0.15, 0.2) is 0 Å². The fraction of sp³-hybridized carbons (Fsp3) is 0.619. The number of halogens is 2. The summed E-state index contributed by atoms with van der Waals surface area (Å²) in [6, 6.07) is 5.31. The Morgan fingerprint density at radius 3 is 2.15 bits per heavy atom. The minimum absolute atomic E-state index is 0.0599. The molecule has 146 valence electrons. The molecule has 1 N–H and O–H groups in total. The smallest absolute Gasteiger partial charge is 0.240 e. The molecule has 0 aliphatic rings. The summed E-state index contributed by atoms with van der Waals surface area (Å²) in [5.74, 6) is -0.0599. The van der Waals surface area contributed by atoms with Crippen LogP contribution in [0.2, 0.25) is 10.0 Å². The summed E-state index contributed by atoms with van der Waals surface area (Å²) >= 11 is 12.0. The molecular weight excluding hydrogens is 367 g/mol. The van der Waals surface area contributed by atoms with Crippen molar-refractivity contribution >= 4 is 35.3 Å². The second kappa shape index (κ2) is 15.0. The van der Waals surface area contributed by atoms with Crippen LogP contribution in [0.1, 0.15) is 89.5 Å². The van der Waals surface area contributed by atoms with Crippen molar-refractivity contribution in [2.24, 2.45) is 5.10 Å². The fourth-order valence-electron chi connectivity index (χ4n) is 2.80. The van der Waals surface area contributed by atoms with E-state index >= 15 is 0 Å². The second-order valence-electron chi connectivity index (χ2n) is 6.72. The van der Waals surface area contributed by atoms with Crippen LogP contribution in [-0.4, -0.2) is 12.1 Å². The Morgan fingerprint density at radius 1 is 0.962 bits per heavy atom. The summed E-state index contributed by atoms with van der Waals surface area (Å²) in [5, 5.41) is 4.86. The number of carbonyl (C=O) groups is 1. The largest absolute Gasteiger partial charge is 0.273 e. The lowest BCUT2D eigenvalue weighted by atomic mass is 10.1. The van der Waals surface area contributed by atoms with Crippen LogP contribution < -0.4 is 5.43 Å². The zero-order valence-electron chi connectivity index (χ0n) is 15.9. The first kappa shape index (κ1) is 23.0. The standard InChI is InChI=1S/C21H32Cl2N2O/c1-2-3-4-5-6-7-8-9-10-11-12-16-20(26)25-24-17-18-14-13-15-19(22)21(18)23/h13-15,17H,2-12,16H2,1H3,(H,25,26). The molecule has 1 aromatic rings. The lowest BCUT2D eigenvalue weighted by Gasteiger charge is -2.03. The van der Waals surface area contributed by atoms with Gasteiger partial charge in [-0.3, -0.25) is 4.79 Å². The number of hydrazone groups is 1. The second-order valence-corrected chi connectivity index (χ2v) is 7.51. The number of hydrogen-bond donors (Lipinski definition) is 1. The van der Waals surface area contributed by atoms with Gasteiger partial charge in [-0.05, 0) is 12.5 Å². The number of nitrogens with zero attached hydrogens (tertiary/aromatic N) is 1. The van der Waals surface area contributed by atoms with E-state index in [0.717, 1.165) is 12.8 Å². The Hall–Kier alpha value is -1.06. The van der Waals surface area contributed by atoms with Gasteiger partial charge in [0, 0.05) is 12.0 Å². The van der Waals surface area contributed by atoms with Gasteiger partial charge in [0.2, 0.25) is 5.91 Å². The molecule has 0 radical (unpaired) electrons. The third-order valence-corrected chi connectivity index (χ3v) is 5.22. The Kier molecular flexibility index (Phi) is 13.3. The number of rotatable bonds is 14. The molecule has 0 heterocycles. The normalized spacial score (nSPS) is 11.2. The van der Waals surface area contributed by atoms with Crippen molar-refractivity contribution in [3.63, 3.8) is 0 Å². The highest BCUT2D eigenvalue weighted by Gasteiger charge is 2.02. The van der Waals surface area contributed by atoms with Crippen molar-refractivity contribution < 1.29 is 4.79 Å². The maximum Gasteiger partial charge on any atom is 0.240 e. The lowest BCUT2D eigenvalue weighted by Crippen LogP contribution is -2.16. The SMILES string of the molecule is CCCCCCCCCCCCCC(=O)NN=Cc1cccc(Cl)c1Cl. The number of hydrogen-bond acceptors (Lipinski definition) is 2.